The van der Waals surface area contributed by atoms with Gasteiger partial charge in [0.1, 0.15) is 0 Å². The van der Waals surface area contributed by atoms with Gasteiger partial charge in [-0.15, -0.1) is 5.06 Å². The molecule has 1 saturated heterocycles. The normalized spacial score (nSPS) is 21.3. The fraction of sp³-hybridized carbons (Fsp3) is 0.750. The Morgan fingerprint density at radius 3 is 2.28 bits per heavy atom. The summed E-state index contributed by atoms with van der Waals surface area (Å²) in [7, 11) is 1.66. The van der Waals surface area contributed by atoms with Gasteiger partial charge in [-0.3, -0.25) is 9.59 Å². The molecule has 6 heteroatoms. The van der Waals surface area contributed by atoms with Crippen molar-refractivity contribution in [1.82, 2.24) is 9.96 Å². The van der Waals surface area contributed by atoms with Crippen molar-refractivity contribution in [1.29, 1.82) is 0 Å². The second-order valence-corrected chi connectivity index (χ2v) is 4.84. The van der Waals surface area contributed by atoms with Crippen molar-refractivity contribution >= 4 is 17.9 Å². The molecule has 100 valence electrons. The van der Waals surface area contributed by atoms with E-state index in [4.69, 9.17) is 4.84 Å². The maximum absolute atomic E-state index is 11.8. The molecular formula is C12H18N2O4. The third-order valence-corrected chi connectivity index (χ3v) is 3.59. The van der Waals surface area contributed by atoms with Crippen LogP contribution in [0.15, 0.2) is 0 Å². The molecule has 6 nitrogen and oxygen atoms in total. The van der Waals surface area contributed by atoms with Gasteiger partial charge in [0.15, 0.2) is 0 Å². The number of hydrogen-bond donors (Lipinski definition) is 0. The molecule has 2 rings (SSSR count). The van der Waals surface area contributed by atoms with Crippen LogP contribution in [0.2, 0.25) is 0 Å². The quantitative estimate of drug-likeness (QED) is 0.699. The van der Waals surface area contributed by atoms with Gasteiger partial charge in [-0.1, -0.05) is 19.3 Å². The number of carbonyl (C=O) groups excluding carboxylic acids is 3. The first-order valence-electron chi connectivity index (χ1n) is 6.40. The fourth-order valence-corrected chi connectivity index (χ4v) is 2.42. The molecule has 0 unspecified atom stereocenters. The summed E-state index contributed by atoms with van der Waals surface area (Å²) in [5.74, 6) is -0.879. The first-order valence-corrected chi connectivity index (χ1v) is 6.40. The summed E-state index contributed by atoms with van der Waals surface area (Å²) in [4.78, 5) is 40.9. The predicted molar refractivity (Wildman–Crippen MR) is 62.2 cm³/mol. The number of amides is 3. The molecule has 2 aliphatic rings. The third-order valence-electron chi connectivity index (χ3n) is 3.59. The zero-order valence-electron chi connectivity index (χ0n) is 10.6. The molecule has 0 aromatic rings. The molecule has 1 aliphatic heterocycles. The Bertz CT molecular complexity index is 347. The monoisotopic (exact) mass is 254 g/mol. The van der Waals surface area contributed by atoms with Crippen LogP contribution in [-0.4, -0.2) is 41.0 Å². The highest BCUT2D eigenvalue weighted by atomic mass is 16.7. The van der Waals surface area contributed by atoms with Gasteiger partial charge in [-0.25, -0.2) is 4.79 Å². The van der Waals surface area contributed by atoms with E-state index >= 15 is 0 Å². The molecule has 3 amide bonds. The number of hydroxylamine groups is 2. The van der Waals surface area contributed by atoms with E-state index in [1.165, 1.54) is 11.3 Å². The molecule has 0 aromatic carbocycles. The highest BCUT2D eigenvalue weighted by Gasteiger charge is 2.34. The molecule has 2 fully saturated rings. The lowest BCUT2D eigenvalue weighted by atomic mass is 9.95. The Morgan fingerprint density at radius 2 is 1.72 bits per heavy atom. The van der Waals surface area contributed by atoms with Gasteiger partial charge in [0.2, 0.25) is 0 Å². The van der Waals surface area contributed by atoms with Crippen molar-refractivity contribution in [2.24, 2.45) is 0 Å². The van der Waals surface area contributed by atoms with E-state index in [1.807, 2.05) is 0 Å². The Labute approximate surface area is 106 Å². The fourth-order valence-electron chi connectivity index (χ4n) is 2.42. The van der Waals surface area contributed by atoms with Crippen LogP contribution in [0.3, 0.4) is 0 Å². The van der Waals surface area contributed by atoms with Crippen LogP contribution < -0.4 is 0 Å². The molecule has 1 aliphatic carbocycles. The maximum Gasteiger partial charge on any atom is 0.434 e. The lowest BCUT2D eigenvalue weighted by Gasteiger charge is -2.30. The summed E-state index contributed by atoms with van der Waals surface area (Å²) >= 11 is 0. The average molecular weight is 254 g/mol. The Kier molecular flexibility index (Phi) is 3.84. The molecule has 0 bridgehead atoms. The second-order valence-electron chi connectivity index (χ2n) is 4.84. The van der Waals surface area contributed by atoms with Crippen LogP contribution in [0.4, 0.5) is 4.79 Å². The van der Waals surface area contributed by atoms with Gasteiger partial charge < -0.3 is 9.74 Å². The Morgan fingerprint density at radius 1 is 1.17 bits per heavy atom. The van der Waals surface area contributed by atoms with Crippen molar-refractivity contribution in [3.63, 3.8) is 0 Å². The number of carbonyl (C=O) groups is 3. The summed E-state index contributed by atoms with van der Waals surface area (Å²) in [6.07, 6.45) is 4.93. The summed E-state index contributed by atoms with van der Waals surface area (Å²) in [5.41, 5.74) is 0. The van der Waals surface area contributed by atoms with Crippen LogP contribution in [0.1, 0.15) is 44.9 Å². The molecular weight excluding hydrogens is 236 g/mol. The first kappa shape index (κ1) is 12.9. The number of imide groups is 1. The summed E-state index contributed by atoms with van der Waals surface area (Å²) < 4.78 is 0. The lowest BCUT2D eigenvalue weighted by molar-refractivity contribution is -0.174. The van der Waals surface area contributed by atoms with Gasteiger partial charge in [0.25, 0.3) is 11.8 Å². The smallest absolute Gasteiger partial charge is 0.311 e. The highest BCUT2D eigenvalue weighted by Crippen LogP contribution is 2.22. The largest absolute Gasteiger partial charge is 0.434 e. The van der Waals surface area contributed by atoms with E-state index in [2.05, 4.69) is 0 Å². The van der Waals surface area contributed by atoms with Crippen molar-refractivity contribution in [2.75, 3.05) is 7.05 Å². The lowest BCUT2D eigenvalue weighted by Crippen LogP contribution is -2.43. The minimum Gasteiger partial charge on any atom is -0.311 e. The van der Waals surface area contributed by atoms with Crippen molar-refractivity contribution in [3.8, 4) is 0 Å². The van der Waals surface area contributed by atoms with Crippen molar-refractivity contribution in [2.45, 2.75) is 51.0 Å². The van der Waals surface area contributed by atoms with Crippen LogP contribution in [0.5, 0.6) is 0 Å². The van der Waals surface area contributed by atoms with Crippen LogP contribution in [0.25, 0.3) is 0 Å². The van der Waals surface area contributed by atoms with E-state index < -0.39 is 17.9 Å². The molecule has 0 spiro atoms. The topological polar surface area (TPSA) is 66.9 Å². The van der Waals surface area contributed by atoms with E-state index in [0.717, 1.165) is 25.7 Å². The van der Waals surface area contributed by atoms with Crippen LogP contribution >= 0.6 is 0 Å². The predicted octanol–water partition coefficient (Wildman–Crippen LogP) is 1.45. The third kappa shape index (κ3) is 2.63. The summed E-state index contributed by atoms with van der Waals surface area (Å²) in [6.45, 7) is 0. The number of hydrogen-bond acceptors (Lipinski definition) is 4. The van der Waals surface area contributed by atoms with Gasteiger partial charge in [0.05, 0.1) is 0 Å². The molecule has 0 radical (unpaired) electrons. The number of rotatable bonds is 2. The van der Waals surface area contributed by atoms with Gasteiger partial charge in [-0.2, -0.15) is 0 Å². The van der Waals surface area contributed by atoms with Crippen LogP contribution in [-0.2, 0) is 14.4 Å². The molecule has 0 N–H and O–H groups in total. The highest BCUT2D eigenvalue weighted by molar-refractivity contribution is 6.01. The Hall–Kier alpha value is -1.59. The zero-order chi connectivity index (χ0) is 13.1. The van der Waals surface area contributed by atoms with Gasteiger partial charge in [0, 0.05) is 25.9 Å². The summed E-state index contributed by atoms with van der Waals surface area (Å²) in [5, 5.41) is 0.599. The molecule has 18 heavy (non-hydrogen) atoms. The van der Waals surface area contributed by atoms with Crippen molar-refractivity contribution in [3.05, 3.63) is 0 Å². The SMILES string of the molecule is CN(C(=O)ON1C(=O)CCC1=O)C1CCCCC1. The minimum atomic E-state index is -0.620. The molecule has 1 saturated carbocycles. The van der Waals surface area contributed by atoms with Crippen molar-refractivity contribution < 1.29 is 19.2 Å². The van der Waals surface area contributed by atoms with E-state index in [9.17, 15) is 14.4 Å². The average Bonchev–Trinajstić information content (AvgIpc) is 2.70. The minimum absolute atomic E-state index is 0.124. The van der Waals surface area contributed by atoms with E-state index in [0.29, 0.717) is 5.06 Å². The zero-order valence-corrected chi connectivity index (χ0v) is 10.6. The maximum atomic E-state index is 11.8. The van der Waals surface area contributed by atoms with Gasteiger partial charge in [-0.05, 0) is 12.8 Å². The summed E-state index contributed by atoms with van der Waals surface area (Å²) in [6, 6.07) is 0.152. The Balaban J connectivity index is 1.90. The second kappa shape index (κ2) is 5.37. The van der Waals surface area contributed by atoms with E-state index in [1.54, 1.807) is 7.05 Å². The number of nitrogens with zero attached hydrogens (tertiary/aromatic N) is 2. The molecule has 0 atom stereocenters. The first-order chi connectivity index (χ1) is 8.59. The standard InChI is InChI=1S/C12H18N2O4/c1-13(9-5-3-2-4-6-9)12(17)18-14-10(15)7-8-11(14)16/h9H,2-8H2,1H3. The van der Waals surface area contributed by atoms with Gasteiger partial charge >= 0.3 is 6.09 Å². The van der Waals surface area contributed by atoms with E-state index in [-0.39, 0.29) is 18.9 Å². The molecule has 1 heterocycles. The molecule has 0 aromatic heterocycles. The van der Waals surface area contributed by atoms with Crippen LogP contribution in [0, 0.1) is 0 Å².